The SMILES string of the molecule is Cn1ccc(CC(CNC(C)(C)C)C(C)(C)C)n1. The van der Waals surface area contributed by atoms with Crippen LogP contribution in [0, 0.1) is 11.3 Å². The molecule has 1 aromatic heterocycles. The Bertz CT molecular complexity index is 366. The first-order chi connectivity index (χ1) is 8.08. The molecule has 0 saturated carbocycles. The molecule has 18 heavy (non-hydrogen) atoms. The van der Waals surface area contributed by atoms with Crippen LogP contribution in [0.4, 0.5) is 0 Å². The number of hydrogen-bond acceptors (Lipinski definition) is 2. The fraction of sp³-hybridized carbons (Fsp3) is 0.800. The van der Waals surface area contributed by atoms with Crippen LogP contribution in [0.5, 0.6) is 0 Å². The van der Waals surface area contributed by atoms with E-state index in [1.807, 2.05) is 17.9 Å². The van der Waals surface area contributed by atoms with Crippen LogP contribution in [0.3, 0.4) is 0 Å². The molecule has 3 heteroatoms. The molecule has 1 atom stereocenters. The van der Waals surface area contributed by atoms with Crippen molar-refractivity contribution in [2.24, 2.45) is 18.4 Å². The Morgan fingerprint density at radius 2 is 1.83 bits per heavy atom. The Morgan fingerprint density at radius 3 is 2.22 bits per heavy atom. The van der Waals surface area contributed by atoms with E-state index in [-0.39, 0.29) is 11.0 Å². The monoisotopic (exact) mass is 251 g/mol. The number of nitrogens with zero attached hydrogens (tertiary/aromatic N) is 2. The molecule has 1 rings (SSSR count). The molecule has 1 heterocycles. The number of aromatic nitrogens is 2. The molecule has 0 radical (unpaired) electrons. The second-order valence-corrected chi connectivity index (χ2v) is 7.38. The largest absolute Gasteiger partial charge is 0.312 e. The van der Waals surface area contributed by atoms with Crippen LogP contribution in [0.2, 0.25) is 0 Å². The van der Waals surface area contributed by atoms with Crippen LogP contribution < -0.4 is 5.32 Å². The zero-order valence-electron chi connectivity index (χ0n) is 13.0. The highest BCUT2D eigenvalue weighted by atomic mass is 15.2. The number of rotatable bonds is 4. The van der Waals surface area contributed by atoms with Gasteiger partial charge in [0.2, 0.25) is 0 Å². The molecule has 104 valence electrons. The van der Waals surface area contributed by atoms with Gasteiger partial charge in [0.15, 0.2) is 0 Å². The lowest BCUT2D eigenvalue weighted by atomic mass is 9.77. The summed E-state index contributed by atoms with van der Waals surface area (Å²) >= 11 is 0. The Labute approximate surface area is 112 Å². The summed E-state index contributed by atoms with van der Waals surface area (Å²) in [5.74, 6) is 0.589. The van der Waals surface area contributed by atoms with Crippen molar-refractivity contribution in [2.45, 2.75) is 53.5 Å². The third-order valence-electron chi connectivity index (χ3n) is 3.33. The summed E-state index contributed by atoms with van der Waals surface area (Å²) < 4.78 is 1.88. The standard InChI is InChI=1S/C15H29N3/c1-14(2,3)12(11-16-15(4,5)6)10-13-8-9-18(7)17-13/h8-9,12,16H,10-11H2,1-7H3. The third kappa shape index (κ3) is 5.21. The van der Waals surface area contributed by atoms with Crippen molar-refractivity contribution in [1.29, 1.82) is 0 Å². The molecule has 0 aliphatic rings. The van der Waals surface area contributed by atoms with Crippen LogP contribution in [0.1, 0.15) is 47.2 Å². The highest BCUT2D eigenvalue weighted by Crippen LogP contribution is 2.28. The Balaban J connectivity index is 2.68. The average molecular weight is 251 g/mol. The van der Waals surface area contributed by atoms with Gasteiger partial charge in [-0.25, -0.2) is 0 Å². The smallest absolute Gasteiger partial charge is 0.0627 e. The molecule has 0 bridgehead atoms. The molecule has 0 aromatic carbocycles. The maximum Gasteiger partial charge on any atom is 0.0627 e. The van der Waals surface area contributed by atoms with E-state index in [4.69, 9.17) is 0 Å². The average Bonchev–Trinajstić information content (AvgIpc) is 2.55. The van der Waals surface area contributed by atoms with Crippen LogP contribution in [0.25, 0.3) is 0 Å². The molecule has 3 nitrogen and oxygen atoms in total. The van der Waals surface area contributed by atoms with Gasteiger partial charge >= 0.3 is 0 Å². The molecule has 0 saturated heterocycles. The second kappa shape index (κ2) is 5.43. The molecule has 0 aliphatic carbocycles. The summed E-state index contributed by atoms with van der Waals surface area (Å²) in [6.07, 6.45) is 3.06. The van der Waals surface area contributed by atoms with Gasteiger partial charge < -0.3 is 5.32 Å². The molecule has 0 aliphatic heterocycles. The van der Waals surface area contributed by atoms with Crippen molar-refractivity contribution in [1.82, 2.24) is 15.1 Å². The molecule has 1 unspecified atom stereocenters. The van der Waals surface area contributed by atoms with Crippen LogP contribution in [-0.4, -0.2) is 21.9 Å². The van der Waals surface area contributed by atoms with Gasteiger partial charge in [-0.2, -0.15) is 5.10 Å². The first-order valence-electron chi connectivity index (χ1n) is 6.81. The van der Waals surface area contributed by atoms with Crippen LogP contribution >= 0.6 is 0 Å². The van der Waals surface area contributed by atoms with Gasteiger partial charge in [0.05, 0.1) is 5.69 Å². The first-order valence-corrected chi connectivity index (χ1v) is 6.81. The summed E-state index contributed by atoms with van der Waals surface area (Å²) in [6.45, 7) is 14.6. The minimum atomic E-state index is 0.174. The molecule has 0 fully saturated rings. The molecular weight excluding hydrogens is 222 g/mol. The minimum absolute atomic E-state index is 0.174. The second-order valence-electron chi connectivity index (χ2n) is 7.38. The third-order valence-corrected chi connectivity index (χ3v) is 3.33. The van der Waals surface area contributed by atoms with Crippen molar-refractivity contribution in [2.75, 3.05) is 6.54 Å². The zero-order valence-corrected chi connectivity index (χ0v) is 13.0. The number of hydrogen-bond donors (Lipinski definition) is 1. The predicted octanol–water partition coefficient (Wildman–Crippen LogP) is 3.01. The van der Waals surface area contributed by atoms with E-state index < -0.39 is 0 Å². The highest BCUT2D eigenvalue weighted by molar-refractivity contribution is 5.01. The molecule has 1 aromatic rings. The molecular formula is C15H29N3. The van der Waals surface area contributed by atoms with Gasteiger partial charge in [0.1, 0.15) is 0 Å². The maximum atomic E-state index is 4.50. The quantitative estimate of drug-likeness (QED) is 0.891. The normalized spacial score (nSPS) is 14.8. The lowest BCUT2D eigenvalue weighted by molar-refractivity contribution is 0.212. The molecule has 0 spiro atoms. The summed E-state index contributed by atoms with van der Waals surface area (Å²) in [7, 11) is 1.98. The fourth-order valence-electron chi connectivity index (χ4n) is 1.94. The lowest BCUT2D eigenvalue weighted by Crippen LogP contribution is -2.42. The van der Waals surface area contributed by atoms with E-state index in [1.165, 1.54) is 5.69 Å². The Morgan fingerprint density at radius 1 is 1.22 bits per heavy atom. The van der Waals surface area contributed by atoms with E-state index in [0.717, 1.165) is 13.0 Å². The van der Waals surface area contributed by atoms with Crippen molar-refractivity contribution in [3.05, 3.63) is 18.0 Å². The summed E-state index contributed by atoms with van der Waals surface area (Å²) in [5.41, 5.74) is 1.65. The van der Waals surface area contributed by atoms with Crippen LogP contribution in [0.15, 0.2) is 12.3 Å². The minimum Gasteiger partial charge on any atom is -0.312 e. The molecule has 1 N–H and O–H groups in total. The summed E-state index contributed by atoms with van der Waals surface area (Å²) in [5, 5.41) is 8.12. The van der Waals surface area contributed by atoms with Crippen molar-refractivity contribution >= 4 is 0 Å². The Kier molecular flexibility index (Phi) is 4.60. The summed E-state index contributed by atoms with van der Waals surface area (Å²) in [4.78, 5) is 0. The van der Waals surface area contributed by atoms with Gasteiger partial charge in [-0.05, 0) is 51.1 Å². The highest BCUT2D eigenvalue weighted by Gasteiger charge is 2.26. The van der Waals surface area contributed by atoms with Gasteiger partial charge in [-0.15, -0.1) is 0 Å². The van der Waals surface area contributed by atoms with E-state index in [2.05, 4.69) is 58.0 Å². The van der Waals surface area contributed by atoms with Gasteiger partial charge in [0.25, 0.3) is 0 Å². The lowest BCUT2D eigenvalue weighted by Gasteiger charge is -2.33. The number of nitrogens with one attached hydrogen (secondary N) is 1. The van der Waals surface area contributed by atoms with E-state index in [9.17, 15) is 0 Å². The maximum absolute atomic E-state index is 4.50. The zero-order chi connectivity index (χ0) is 14.0. The van der Waals surface area contributed by atoms with Crippen molar-refractivity contribution in [3.63, 3.8) is 0 Å². The van der Waals surface area contributed by atoms with Crippen LogP contribution in [-0.2, 0) is 13.5 Å². The molecule has 0 amide bonds. The Hall–Kier alpha value is -0.830. The van der Waals surface area contributed by atoms with E-state index >= 15 is 0 Å². The fourth-order valence-corrected chi connectivity index (χ4v) is 1.94. The van der Waals surface area contributed by atoms with E-state index in [0.29, 0.717) is 5.92 Å². The van der Waals surface area contributed by atoms with Gasteiger partial charge in [0, 0.05) is 18.8 Å². The predicted molar refractivity (Wildman–Crippen MR) is 77.6 cm³/mol. The van der Waals surface area contributed by atoms with Crippen molar-refractivity contribution < 1.29 is 0 Å². The van der Waals surface area contributed by atoms with Gasteiger partial charge in [-0.3, -0.25) is 4.68 Å². The van der Waals surface area contributed by atoms with Crippen molar-refractivity contribution in [3.8, 4) is 0 Å². The van der Waals surface area contributed by atoms with E-state index in [1.54, 1.807) is 0 Å². The first kappa shape index (κ1) is 15.2. The topological polar surface area (TPSA) is 29.9 Å². The number of aryl methyl sites for hydroxylation is 1. The van der Waals surface area contributed by atoms with Gasteiger partial charge in [-0.1, -0.05) is 20.8 Å². The summed E-state index contributed by atoms with van der Waals surface area (Å²) in [6, 6.07) is 2.12.